The summed E-state index contributed by atoms with van der Waals surface area (Å²) < 4.78 is 43.4. The normalized spacial score (nSPS) is 13.5. The van der Waals surface area contributed by atoms with Crippen molar-refractivity contribution in [3.05, 3.63) is 65.5 Å². The fraction of sp³-hybridized carbons (Fsp3) is 0.133. The Balaban J connectivity index is 2.02. The molecule has 1 unspecified atom stereocenters. The van der Waals surface area contributed by atoms with Gasteiger partial charge in [0.1, 0.15) is 11.6 Å². The summed E-state index contributed by atoms with van der Waals surface area (Å²) in [4.78, 5) is 4.07. The average Bonchev–Trinajstić information content (AvgIpc) is 2.89. The maximum Gasteiger partial charge on any atom is 0.416 e. The summed E-state index contributed by atoms with van der Waals surface area (Å²) in [5.41, 5.74) is 6.47. The highest BCUT2D eigenvalue weighted by atomic mass is 19.4. The lowest BCUT2D eigenvalue weighted by Gasteiger charge is -2.06. The van der Waals surface area contributed by atoms with E-state index in [9.17, 15) is 13.2 Å². The first-order valence-corrected chi connectivity index (χ1v) is 6.23. The van der Waals surface area contributed by atoms with Gasteiger partial charge in [0.05, 0.1) is 5.56 Å². The zero-order chi connectivity index (χ0) is 15.0. The summed E-state index contributed by atoms with van der Waals surface area (Å²) >= 11 is 0. The van der Waals surface area contributed by atoms with Crippen molar-refractivity contribution < 1.29 is 17.6 Å². The number of nitrogens with zero attached hydrogens (tertiary/aromatic N) is 1. The summed E-state index contributed by atoms with van der Waals surface area (Å²) in [5.74, 6) is 0.190. The quantitative estimate of drug-likeness (QED) is 0.779. The standard InChI is InChI=1S/C15H11F3N2O/c16-15(17,18)10-6-7-12-11(8-10)20-14(21-12)13(19)9-4-2-1-3-5-9/h1-8,13H,19H2. The highest BCUT2D eigenvalue weighted by Crippen LogP contribution is 2.32. The van der Waals surface area contributed by atoms with E-state index in [4.69, 9.17) is 10.2 Å². The first-order chi connectivity index (χ1) is 9.95. The third-order valence-corrected chi connectivity index (χ3v) is 3.16. The summed E-state index contributed by atoms with van der Waals surface area (Å²) in [6, 6.07) is 11.7. The Hall–Kier alpha value is -2.34. The van der Waals surface area contributed by atoms with Gasteiger partial charge in [-0.3, -0.25) is 0 Å². The third-order valence-electron chi connectivity index (χ3n) is 3.16. The molecule has 3 nitrogen and oxygen atoms in total. The molecule has 0 saturated heterocycles. The van der Waals surface area contributed by atoms with Crippen molar-refractivity contribution in [1.82, 2.24) is 4.98 Å². The molecule has 0 fully saturated rings. The van der Waals surface area contributed by atoms with Crippen molar-refractivity contribution in [2.45, 2.75) is 12.2 Å². The Labute approximate surface area is 118 Å². The Morgan fingerprint density at radius 2 is 1.76 bits per heavy atom. The van der Waals surface area contributed by atoms with Gasteiger partial charge in [0.25, 0.3) is 0 Å². The van der Waals surface area contributed by atoms with Crippen LogP contribution in [0, 0.1) is 0 Å². The number of rotatable bonds is 2. The topological polar surface area (TPSA) is 52.0 Å². The van der Waals surface area contributed by atoms with Gasteiger partial charge in [-0.25, -0.2) is 4.98 Å². The van der Waals surface area contributed by atoms with Crippen molar-refractivity contribution in [3.63, 3.8) is 0 Å². The zero-order valence-electron chi connectivity index (χ0n) is 10.8. The van der Waals surface area contributed by atoms with Crippen molar-refractivity contribution in [2.75, 3.05) is 0 Å². The second-order valence-electron chi connectivity index (χ2n) is 4.62. The van der Waals surface area contributed by atoms with Crippen LogP contribution in [0.25, 0.3) is 11.1 Å². The fourth-order valence-electron chi connectivity index (χ4n) is 2.06. The van der Waals surface area contributed by atoms with E-state index in [1.165, 1.54) is 6.07 Å². The second-order valence-corrected chi connectivity index (χ2v) is 4.62. The maximum atomic E-state index is 12.7. The second kappa shape index (κ2) is 4.89. The van der Waals surface area contributed by atoms with Crippen molar-refractivity contribution in [3.8, 4) is 0 Å². The number of halogens is 3. The van der Waals surface area contributed by atoms with E-state index in [0.29, 0.717) is 0 Å². The van der Waals surface area contributed by atoms with Gasteiger partial charge in [-0.05, 0) is 23.8 Å². The molecule has 0 radical (unpaired) electrons. The smallest absolute Gasteiger partial charge is 0.416 e. The molecule has 1 aromatic heterocycles. The summed E-state index contributed by atoms with van der Waals surface area (Å²) in [6.07, 6.45) is -4.41. The largest absolute Gasteiger partial charge is 0.439 e. The highest BCUT2D eigenvalue weighted by Gasteiger charge is 2.31. The van der Waals surface area contributed by atoms with Crippen LogP contribution >= 0.6 is 0 Å². The Morgan fingerprint density at radius 3 is 2.43 bits per heavy atom. The lowest BCUT2D eigenvalue weighted by atomic mass is 10.1. The van der Waals surface area contributed by atoms with Crippen LogP contribution < -0.4 is 5.73 Å². The van der Waals surface area contributed by atoms with Crippen LogP contribution in [-0.4, -0.2) is 4.98 Å². The third kappa shape index (κ3) is 2.62. The van der Waals surface area contributed by atoms with Crippen LogP contribution in [0.2, 0.25) is 0 Å². The minimum Gasteiger partial charge on any atom is -0.439 e. The maximum absolute atomic E-state index is 12.7. The Bertz CT molecular complexity index is 765. The predicted octanol–water partition coefficient (Wildman–Crippen LogP) is 3.89. The van der Waals surface area contributed by atoms with Crippen LogP contribution in [0.15, 0.2) is 52.9 Å². The lowest BCUT2D eigenvalue weighted by Crippen LogP contribution is -2.11. The number of hydrogen-bond donors (Lipinski definition) is 1. The van der Waals surface area contributed by atoms with Crippen molar-refractivity contribution in [1.29, 1.82) is 0 Å². The van der Waals surface area contributed by atoms with Crippen molar-refractivity contribution >= 4 is 11.1 Å². The molecular weight excluding hydrogens is 281 g/mol. The minimum atomic E-state index is -4.41. The minimum absolute atomic E-state index is 0.145. The molecule has 0 aliphatic rings. The van der Waals surface area contributed by atoms with E-state index >= 15 is 0 Å². The van der Waals surface area contributed by atoms with E-state index < -0.39 is 17.8 Å². The molecule has 0 bridgehead atoms. The van der Waals surface area contributed by atoms with Gasteiger partial charge < -0.3 is 10.2 Å². The van der Waals surface area contributed by atoms with E-state index in [1.54, 1.807) is 12.1 Å². The molecule has 21 heavy (non-hydrogen) atoms. The highest BCUT2D eigenvalue weighted by molar-refractivity contribution is 5.73. The van der Waals surface area contributed by atoms with Gasteiger partial charge in [0, 0.05) is 0 Å². The monoisotopic (exact) mass is 292 g/mol. The number of oxazole rings is 1. The first-order valence-electron chi connectivity index (χ1n) is 6.23. The lowest BCUT2D eigenvalue weighted by molar-refractivity contribution is -0.137. The molecule has 0 saturated carbocycles. The molecule has 0 aliphatic heterocycles. The molecule has 2 aromatic carbocycles. The van der Waals surface area contributed by atoms with Gasteiger partial charge in [0.15, 0.2) is 5.58 Å². The molecular formula is C15H11F3N2O. The van der Waals surface area contributed by atoms with Crippen LogP contribution in [0.1, 0.15) is 23.1 Å². The number of alkyl halides is 3. The van der Waals surface area contributed by atoms with E-state index in [2.05, 4.69) is 4.98 Å². The van der Waals surface area contributed by atoms with Gasteiger partial charge in [-0.1, -0.05) is 30.3 Å². The molecule has 3 rings (SSSR count). The predicted molar refractivity (Wildman–Crippen MR) is 71.5 cm³/mol. The number of nitrogens with two attached hydrogens (primary N) is 1. The molecule has 6 heteroatoms. The molecule has 2 N–H and O–H groups in total. The molecule has 1 atom stereocenters. The van der Waals surface area contributed by atoms with Gasteiger partial charge in [-0.15, -0.1) is 0 Å². The molecule has 108 valence electrons. The zero-order valence-corrected chi connectivity index (χ0v) is 10.8. The van der Waals surface area contributed by atoms with Crippen LogP contribution in [0.3, 0.4) is 0 Å². The number of aromatic nitrogens is 1. The average molecular weight is 292 g/mol. The molecule has 3 aromatic rings. The van der Waals surface area contributed by atoms with E-state index in [-0.39, 0.29) is 17.0 Å². The summed E-state index contributed by atoms with van der Waals surface area (Å²) in [7, 11) is 0. The number of fused-ring (bicyclic) bond motifs is 1. The molecule has 0 aliphatic carbocycles. The van der Waals surface area contributed by atoms with Crippen LogP contribution in [-0.2, 0) is 6.18 Å². The molecule has 1 heterocycles. The fourth-order valence-corrected chi connectivity index (χ4v) is 2.06. The van der Waals surface area contributed by atoms with Crippen LogP contribution in [0.4, 0.5) is 13.2 Å². The number of benzene rings is 2. The first kappa shape index (κ1) is 13.6. The SMILES string of the molecule is NC(c1ccccc1)c1nc2cc(C(F)(F)F)ccc2o1. The van der Waals surface area contributed by atoms with Crippen molar-refractivity contribution in [2.24, 2.45) is 5.73 Å². The molecule has 0 amide bonds. The summed E-state index contributed by atoms with van der Waals surface area (Å²) in [6.45, 7) is 0. The van der Waals surface area contributed by atoms with E-state index in [0.717, 1.165) is 17.7 Å². The Kier molecular flexibility index (Phi) is 3.17. The Morgan fingerprint density at radius 1 is 1.05 bits per heavy atom. The van der Waals surface area contributed by atoms with E-state index in [1.807, 2.05) is 18.2 Å². The van der Waals surface area contributed by atoms with Gasteiger partial charge in [0.2, 0.25) is 5.89 Å². The van der Waals surface area contributed by atoms with Gasteiger partial charge in [-0.2, -0.15) is 13.2 Å². The van der Waals surface area contributed by atoms with Crippen LogP contribution in [0.5, 0.6) is 0 Å². The number of hydrogen-bond acceptors (Lipinski definition) is 3. The summed E-state index contributed by atoms with van der Waals surface area (Å²) in [5, 5.41) is 0. The molecule has 0 spiro atoms. The van der Waals surface area contributed by atoms with Gasteiger partial charge >= 0.3 is 6.18 Å².